The Kier molecular flexibility index (Phi) is 4.75. The van der Waals surface area contributed by atoms with Gasteiger partial charge in [0.1, 0.15) is 0 Å². The largest absolute Gasteiger partial charge is 0.379 e. The molecule has 0 aromatic heterocycles. The van der Waals surface area contributed by atoms with Crippen molar-refractivity contribution < 1.29 is 4.74 Å². The Morgan fingerprint density at radius 2 is 2.33 bits per heavy atom. The van der Waals surface area contributed by atoms with Crippen molar-refractivity contribution in [3.8, 4) is 0 Å². The lowest BCUT2D eigenvalue weighted by Crippen LogP contribution is -2.46. The second kappa shape index (κ2) is 6.32. The molecule has 1 heterocycles. The van der Waals surface area contributed by atoms with Crippen LogP contribution in [0.4, 0.5) is 0 Å². The average molecular weight is 248 g/mol. The lowest BCUT2D eigenvalue weighted by Gasteiger charge is -2.35. The number of hydrogen-bond donors (Lipinski definition) is 1. The first-order chi connectivity index (χ1) is 8.70. The number of aryl methyl sites for hydroxylation is 1. The normalized spacial score (nSPS) is 22.9. The van der Waals surface area contributed by atoms with E-state index in [1.54, 1.807) is 0 Å². The third kappa shape index (κ3) is 3.31. The summed E-state index contributed by atoms with van der Waals surface area (Å²) in [5.74, 6) is 0. The van der Waals surface area contributed by atoms with Gasteiger partial charge < -0.3 is 10.1 Å². The van der Waals surface area contributed by atoms with Gasteiger partial charge in [-0.05, 0) is 26.5 Å². The molecule has 0 amide bonds. The highest BCUT2D eigenvalue weighted by atomic mass is 16.5. The van der Waals surface area contributed by atoms with Crippen molar-refractivity contribution in [3.63, 3.8) is 0 Å². The van der Waals surface area contributed by atoms with Crippen molar-refractivity contribution in [1.29, 1.82) is 0 Å². The number of morpholine rings is 1. The minimum absolute atomic E-state index is 0.394. The molecule has 0 saturated carbocycles. The van der Waals surface area contributed by atoms with Gasteiger partial charge in [-0.15, -0.1) is 0 Å². The summed E-state index contributed by atoms with van der Waals surface area (Å²) in [7, 11) is 2.04. The van der Waals surface area contributed by atoms with E-state index in [9.17, 15) is 0 Å². The lowest BCUT2D eigenvalue weighted by molar-refractivity contribution is -0.00416. The fourth-order valence-corrected chi connectivity index (χ4v) is 2.52. The quantitative estimate of drug-likeness (QED) is 0.882. The Balaban J connectivity index is 2.04. The molecular weight excluding hydrogens is 224 g/mol. The van der Waals surface area contributed by atoms with Gasteiger partial charge in [0.2, 0.25) is 0 Å². The number of hydrogen-bond acceptors (Lipinski definition) is 3. The molecule has 1 aromatic rings. The maximum atomic E-state index is 5.49. The highest BCUT2D eigenvalue weighted by molar-refractivity contribution is 5.25. The van der Waals surface area contributed by atoms with Crippen molar-refractivity contribution >= 4 is 0 Å². The zero-order valence-corrected chi connectivity index (χ0v) is 11.6. The topological polar surface area (TPSA) is 24.5 Å². The molecule has 100 valence electrons. The first kappa shape index (κ1) is 13.5. The van der Waals surface area contributed by atoms with Crippen molar-refractivity contribution in [1.82, 2.24) is 10.2 Å². The van der Waals surface area contributed by atoms with E-state index < -0.39 is 0 Å². The van der Waals surface area contributed by atoms with Crippen molar-refractivity contribution in [2.45, 2.75) is 25.9 Å². The van der Waals surface area contributed by atoms with Crippen LogP contribution in [0.5, 0.6) is 0 Å². The van der Waals surface area contributed by atoms with E-state index in [4.69, 9.17) is 4.74 Å². The minimum Gasteiger partial charge on any atom is -0.379 e. The molecule has 1 aliphatic rings. The van der Waals surface area contributed by atoms with Gasteiger partial charge in [0.15, 0.2) is 0 Å². The number of ether oxygens (including phenoxy) is 1. The Hall–Kier alpha value is -0.900. The maximum Gasteiger partial charge on any atom is 0.0619 e. The Morgan fingerprint density at radius 3 is 3.00 bits per heavy atom. The zero-order valence-electron chi connectivity index (χ0n) is 11.6. The van der Waals surface area contributed by atoms with Gasteiger partial charge in [-0.25, -0.2) is 0 Å². The first-order valence-electron chi connectivity index (χ1n) is 6.76. The summed E-state index contributed by atoms with van der Waals surface area (Å²) in [4.78, 5) is 2.51. The summed E-state index contributed by atoms with van der Waals surface area (Å²) in [6.45, 7) is 8.17. The molecule has 1 aromatic carbocycles. The number of rotatable bonds is 4. The van der Waals surface area contributed by atoms with Crippen LogP contribution in [0.1, 0.15) is 24.1 Å². The molecule has 1 N–H and O–H groups in total. The predicted molar refractivity (Wildman–Crippen MR) is 74.8 cm³/mol. The third-order valence-electron chi connectivity index (χ3n) is 3.72. The zero-order chi connectivity index (χ0) is 13.0. The highest BCUT2D eigenvalue weighted by Gasteiger charge is 2.22. The van der Waals surface area contributed by atoms with Gasteiger partial charge in [0.05, 0.1) is 13.2 Å². The van der Waals surface area contributed by atoms with Gasteiger partial charge in [-0.3, -0.25) is 4.90 Å². The minimum atomic E-state index is 0.394. The van der Waals surface area contributed by atoms with Crippen LogP contribution in [0, 0.1) is 6.92 Å². The second-order valence-corrected chi connectivity index (χ2v) is 5.17. The maximum absolute atomic E-state index is 5.49. The summed E-state index contributed by atoms with van der Waals surface area (Å²) in [6.07, 6.45) is 0. The van der Waals surface area contributed by atoms with Crippen molar-refractivity contribution in [3.05, 3.63) is 35.4 Å². The molecule has 1 saturated heterocycles. The summed E-state index contributed by atoms with van der Waals surface area (Å²) in [5.41, 5.74) is 2.69. The SMILES string of the molecule is CNC(CN1CCOCC1C)c1cccc(C)c1. The van der Waals surface area contributed by atoms with Crippen LogP contribution in [0.25, 0.3) is 0 Å². The summed E-state index contributed by atoms with van der Waals surface area (Å²) >= 11 is 0. The van der Waals surface area contributed by atoms with E-state index in [1.807, 2.05) is 7.05 Å². The van der Waals surface area contributed by atoms with Crippen LogP contribution >= 0.6 is 0 Å². The van der Waals surface area contributed by atoms with Crippen molar-refractivity contribution in [2.24, 2.45) is 0 Å². The van der Waals surface area contributed by atoms with Crippen molar-refractivity contribution in [2.75, 3.05) is 33.4 Å². The van der Waals surface area contributed by atoms with E-state index >= 15 is 0 Å². The highest BCUT2D eigenvalue weighted by Crippen LogP contribution is 2.18. The molecule has 18 heavy (non-hydrogen) atoms. The smallest absolute Gasteiger partial charge is 0.0619 e. The van der Waals surface area contributed by atoms with Gasteiger partial charge >= 0.3 is 0 Å². The fourth-order valence-electron chi connectivity index (χ4n) is 2.52. The number of nitrogens with one attached hydrogen (secondary N) is 1. The Morgan fingerprint density at radius 1 is 1.50 bits per heavy atom. The Bertz CT molecular complexity index is 381. The molecule has 0 aliphatic carbocycles. The molecule has 3 nitrogen and oxygen atoms in total. The van der Waals surface area contributed by atoms with Crippen LogP contribution in [0.15, 0.2) is 24.3 Å². The number of nitrogens with zero attached hydrogens (tertiary/aromatic N) is 1. The summed E-state index contributed by atoms with van der Waals surface area (Å²) in [5, 5.41) is 3.43. The Labute approximate surface area is 110 Å². The van der Waals surface area contributed by atoms with Gasteiger partial charge in [0, 0.05) is 25.2 Å². The van der Waals surface area contributed by atoms with Gasteiger partial charge in [-0.2, -0.15) is 0 Å². The van der Waals surface area contributed by atoms with Crippen LogP contribution < -0.4 is 5.32 Å². The molecule has 0 bridgehead atoms. The van der Waals surface area contributed by atoms with E-state index in [0.717, 1.165) is 26.3 Å². The monoisotopic (exact) mass is 248 g/mol. The molecule has 1 aliphatic heterocycles. The van der Waals surface area contributed by atoms with Crippen LogP contribution in [-0.4, -0.2) is 44.3 Å². The van der Waals surface area contributed by atoms with E-state index in [0.29, 0.717) is 12.1 Å². The fraction of sp³-hybridized carbons (Fsp3) is 0.600. The van der Waals surface area contributed by atoms with Gasteiger partial charge in [0.25, 0.3) is 0 Å². The van der Waals surface area contributed by atoms with Crippen LogP contribution in [0.2, 0.25) is 0 Å². The molecule has 2 unspecified atom stereocenters. The van der Waals surface area contributed by atoms with E-state index in [1.165, 1.54) is 11.1 Å². The van der Waals surface area contributed by atoms with Crippen LogP contribution in [-0.2, 0) is 4.74 Å². The molecule has 0 radical (unpaired) electrons. The molecule has 0 spiro atoms. The average Bonchev–Trinajstić information content (AvgIpc) is 2.38. The standard InChI is InChI=1S/C15H24N2O/c1-12-5-4-6-14(9-12)15(16-3)10-17-7-8-18-11-13(17)2/h4-6,9,13,15-16H,7-8,10-11H2,1-3H3. The molecule has 2 rings (SSSR count). The summed E-state index contributed by atoms with van der Waals surface area (Å²) in [6, 6.07) is 9.67. The lowest BCUT2D eigenvalue weighted by atomic mass is 10.0. The third-order valence-corrected chi connectivity index (χ3v) is 3.72. The van der Waals surface area contributed by atoms with Crippen LogP contribution in [0.3, 0.4) is 0 Å². The second-order valence-electron chi connectivity index (χ2n) is 5.17. The predicted octanol–water partition coefficient (Wildman–Crippen LogP) is 1.98. The molecular formula is C15H24N2O. The number of benzene rings is 1. The molecule has 1 fully saturated rings. The van der Waals surface area contributed by atoms with E-state index in [-0.39, 0.29) is 0 Å². The van der Waals surface area contributed by atoms with E-state index in [2.05, 4.69) is 48.3 Å². The molecule has 3 heteroatoms. The van der Waals surface area contributed by atoms with Gasteiger partial charge in [-0.1, -0.05) is 29.8 Å². The first-order valence-corrected chi connectivity index (χ1v) is 6.76. The summed E-state index contributed by atoms with van der Waals surface area (Å²) < 4.78 is 5.49. The molecule has 2 atom stereocenters. The number of likely N-dealkylation sites (N-methyl/N-ethyl adjacent to an activating group) is 1.